The average molecular weight is 338 g/mol. The number of ether oxygens (including phenoxy) is 1. The predicted molar refractivity (Wildman–Crippen MR) is 78.3 cm³/mol. The Morgan fingerprint density at radius 3 is 2.26 bits per heavy atom. The first-order chi connectivity index (χ1) is 10.8. The zero-order valence-corrected chi connectivity index (χ0v) is 13.2. The van der Waals surface area contributed by atoms with Crippen molar-refractivity contribution in [1.29, 1.82) is 0 Å². The SMILES string of the molecule is CC[C@H]1CC[C@H](C2=CCC(OC(F)(F)C(F)(F)CF)C=C2)CC1. The molecule has 1 fully saturated rings. The van der Waals surface area contributed by atoms with E-state index in [-0.39, 0.29) is 6.42 Å². The topological polar surface area (TPSA) is 9.23 Å². The summed E-state index contributed by atoms with van der Waals surface area (Å²) in [5, 5.41) is 0. The second kappa shape index (κ2) is 7.32. The van der Waals surface area contributed by atoms with E-state index in [1.165, 1.54) is 12.5 Å². The molecule has 0 bridgehead atoms. The van der Waals surface area contributed by atoms with E-state index in [4.69, 9.17) is 0 Å². The lowest BCUT2D eigenvalue weighted by atomic mass is 9.76. The molecular formula is C17H23F5O. The highest BCUT2D eigenvalue weighted by atomic mass is 19.3. The smallest absolute Gasteiger partial charge is 0.308 e. The number of halogens is 5. The third kappa shape index (κ3) is 4.34. The third-order valence-corrected chi connectivity index (χ3v) is 4.88. The second-order valence-electron chi connectivity index (χ2n) is 6.44. The summed E-state index contributed by atoms with van der Waals surface area (Å²) < 4.78 is 68.4. The highest BCUT2D eigenvalue weighted by molar-refractivity contribution is 5.27. The number of allylic oxidation sites excluding steroid dienone is 2. The van der Waals surface area contributed by atoms with Crippen LogP contribution in [-0.2, 0) is 4.74 Å². The Bertz CT molecular complexity index is 450. The Labute approximate surface area is 133 Å². The molecule has 0 aromatic rings. The van der Waals surface area contributed by atoms with Crippen LogP contribution in [0.5, 0.6) is 0 Å². The highest BCUT2D eigenvalue weighted by Crippen LogP contribution is 2.39. The summed E-state index contributed by atoms with van der Waals surface area (Å²) in [4.78, 5) is 0. The van der Waals surface area contributed by atoms with Gasteiger partial charge < -0.3 is 4.74 Å². The van der Waals surface area contributed by atoms with Crippen molar-refractivity contribution in [3.05, 3.63) is 23.8 Å². The van der Waals surface area contributed by atoms with Gasteiger partial charge in [-0.3, -0.25) is 0 Å². The van der Waals surface area contributed by atoms with Gasteiger partial charge in [0.05, 0.1) is 6.10 Å². The van der Waals surface area contributed by atoms with E-state index in [0.29, 0.717) is 5.92 Å². The summed E-state index contributed by atoms with van der Waals surface area (Å²) in [6, 6.07) is 0. The molecule has 23 heavy (non-hydrogen) atoms. The van der Waals surface area contributed by atoms with Crippen molar-refractivity contribution in [3.63, 3.8) is 0 Å². The minimum atomic E-state index is -4.80. The van der Waals surface area contributed by atoms with Crippen molar-refractivity contribution in [2.24, 2.45) is 11.8 Å². The van der Waals surface area contributed by atoms with Crippen molar-refractivity contribution >= 4 is 0 Å². The molecule has 6 heteroatoms. The van der Waals surface area contributed by atoms with E-state index in [9.17, 15) is 22.0 Å². The Hall–Kier alpha value is -0.910. The van der Waals surface area contributed by atoms with Gasteiger partial charge in [0, 0.05) is 0 Å². The van der Waals surface area contributed by atoms with Gasteiger partial charge in [0.25, 0.3) is 0 Å². The first-order valence-corrected chi connectivity index (χ1v) is 8.16. The molecule has 2 aliphatic carbocycles. The fourth-order valence-electron chi connectivity index (χ4n) is 3.27. The van der Waals surface area contributed by atoms with Crippen molar-refractivity contribution < 1.29 is 26.7 Å². The lowest BCUT2D eigenvalue weighted by Gasteiger charge is -2.31. The molecule has 0 aliphatic heterocycles. The molecule has 0 aromatic carbocycles. The molecule has 2 aliphatic rings. The normalized spacial score (nSPS) is 29.5. The van der Waals surface area contributed by atoms with Crippen molar-refractivity contribution in [2.75, 3.05) is 6.67 Å². The van der Waals surface area contributed by atoms with Gasteiger partial charge in [-0.1, -0.05) is 31.6 Å². The van der Waals surface area contributed by atoms with E-state index >= 15 is 0 Å². The number of hydrogen-bond donors (Lipinski definition) is 0. The van der Waals surface area contributed by atoms with Crippen LogP contribution < -0.4 is 0 Å². The minimum absolute atomic E-state index is 0.109. The maximum atomic E-state index is 13.3. The monoisotopic (exact) mass is 338 g/mol. The molecule has 1 atom stereocenters. The van der Waals surface area contributed by atoms with Crippen LogP contribution in [0.4, 0.5) is 22.0 Å². The highest BCUT2D eigenvalue weighted by Gasteiger charge is 2.59. The third-order valence-electron chi connectivity index (χ3n) is 4.88. The summed E-state index contributed by atoms with van der Waals surface area (Å²) >= 11 is 0. The fourth-order valence-corrected chi connectivity index (χ4v) is 3.27. The molecule has 132 valence electrons. The van der Waals surface area contributed by atoms with Crippen LogP contribution in [0.2, 0.25) is 0 Å². The summed E-state index contributed by atoms with van der Waals surface area (Å²) in [5.74, 6) is -3.64. The van der Waals surface area contributed by atoms with E-state index in [1.54, 1.807) is 12.2 Å². The van der Waals surface area contributed by atoms with Gasteiger partial charge in [0.15, 0.2) is 6.67 Å². The van der Waals surface area contributed by atoms with Crippen LogP contribution in [0.3, 0.4) is 0 Å². The molecule has 0 aromatic heterocycles. The van der Waals surface area contributed by atoms with Gasteiger partial charge >= 0.3 is 12.0 Å². The van der Waals surface area contributed by atoms with Crippen LogP contribution in [0.25, 0.3) is 0 Å². The summed E-state index contributed by atoms with van der Waals surface area (Å²) in [7, 11) is 0. The molecule has 0 radical (unpaired) electrons. The quantitative estimate of drug-likeness (QED) is 0.567. The van der Waals surface area contributed by atoms with E-state index in [0.717, 1.165) is 37.2 Å². The van der Waals surface area contributed by atoms with Crippen LogP contribution in [0.15, 0.2) is 23.8 Å². The Kier molecular flexibility index (Phi) is 5.87. The second-order valence-corrected chi connectivity index (χ2v) is 6.44. The Balaban J connectivity index is 1.88. The van der Waals surface area contributed by atoms with Crippen LogP contribution >= 0.6 is 0 Å². The minimum Gasteiger partial charge on any atom is -0.308 e. The van der Waals surface area contributed by atoms with Gasteiger partial charge in [-0.2, -0.15) is 17.6 Å². The summed E-state index contributed by atoms with van der Waals surface area (Å²) in [6.07, 6.45) is 4.63. The maximum absolute atomic E-state index is 13.3. The van der Waals surface area contributed by atoms with Gasteiger partial charge in [-0.05, 0) is 49.5 Å². The van der Waals surface area contributed by atoms with Crippen molar-refractivity contribution in [1.82, 2.24) is 0 Å². The van der Waals surface area contributed by atoms with Crippen LogP contribution in [-0.4, -0.2) is 24.8 Å². The maximum Gasteiger partial charge on any atom is 0.422 e. The van der Waals surface area contributed by atoms with Crippen molar-refractivity contribution in [3.8, 4) is 0 Å². The molecule has 0 heterocycles. The van der Waals surface area contributed by atoms with Gasteiger partial charge in [-0.25, -0.2) is 4.39 Å². The first kappa shape index (κ1) is 18.4. The number of rotatable bonds is 6. The van der Waals surface area contributed by atoms with Gasteiger partial charge in [-0.15, -0.1) is 0 Å². The molecule has 1 saturated carbocycles. The molecule has 0 N–H and O–H groups in total. The van der Waals surface area contributed by atoms with E-state index in [2.05, 4.69) is 11.7 Å². The number of alkyl halides is 5. The Morgan fingerprint density at radius 1 is 1.13 bits per heavy atom. The molecule has 1 nitrogen and oxygen atoms in total. The molecular weight excluding hydrogens is 315 g/mol. The molecule has 0 saturated heterocycles. The fraction of sp³-hybridized carbons (Fsp3) is 0.765. The zero-order chi connectivity index (χ0) is 17.1. The van der Waals surface area contributed by atoms with E-state index in [1.807, 2.05) is 0 Å². The van der Waals surface area contributed by atoms with Crippen molar-refractivity contribution in [2.45, 2.75) is 63.6 Å². The largest absolute Gasteiger partial charge is 0.422 e. The van der Waals surface area contributed by atoms with E-state index < -0.39 is 24.8 Å². The molecule has 0 amide bonds. The Morgan fingerprint density at radius 2 is 1.78 bits per heavy atom. The first-order valence-electron chi connectivity index (χ1n) is 8.16. The predicted octanol–water partition coefficient (Wildman–Crippen LogP) is 5.67. The van der Waals surface area contributed by atoms with Gasteiger partial charge in [0.2, 0.25) is 0 Å². The van der Waals surface area contributed by atoms with Crippen LogP contribution in [0.1, 0.15) is 45.4 Å². The summed E-state index contributed by atoms with van der Waals surface area (Å²) in [5.41, 5.74) is 1.07. The number of hydrogen-bond acceptors (Lipinski definition) is 1. The zero-order valence-electron chi connectivity index (χ0n) is 13.2. The standard InChI is InChI=1S/C17H23F5O/c1-2-12-3-5-13(6-4-12)14-7-9-15(10-8-14)23-17(21,22)16(19,20)11-18/h7-9,12-13,15H,2-6,10-11H2,1H3/t12-,13-,15?. The average Bonchev–Trinajstić information content (AvgIpc) is 2.55. The molecule has 0 spiro atoms. The molecule has 2 rings (SSSR count). The van der Waals surface area contributed by atoms with Crippen LogP contribution in [0, 0.1) is 11.8 Å². The lowest BCUT2D eigenvalue weighted by Crippen LogP contribution is -2.46. The summed E-state index contributed by atoms with van der Waals surface area (Å²) in [6.45, 7) is -0.266. The molecule has 1 unspecified atom stereocenters. The lowest BCUT2D eigenvalue weighted by molar-refractivity contribution is -0.358. The van der Waals surface area contributed by atoms with Gasteiger partial charge in [0.1, 0.15) is 0 Å².